The van der Waals surface area contributed by atoms with Crippen molar-refractivity contribution in [1.82, 2.24) is 5.32 Å². The molecule has 2 atom stereocenters. The minimum Gasteiger partial charge on any atom is -0.380 e. The molecule has 0 radical (unpaired) electrons. The molecule has 20 heavy (non-hydrogen) atoms. The monoisotopic (exact) mass is 278 g/mol. The lowest BCUT2D eigenvalue weighted by molar-refractivity contribution is -0.152. The lowest BCUT2D eigenvalue weighted by Crippen LogP contribution is -2.56. The summed E-state index contributed by atoms with van der Waals surface area (Å²) in [5.41, 5.74) is 1.83. The smallest absolute Gasteiger partial charge is 0.259 e. The largest absolute Gasteiger partial charge is 0.380 e. The van der Waals surface area contributed by atoms with Gasteiger partial charge in [-0.15, -0.1) is 0 Å². The van der Waals surface area contributed by atoms with E-state index in [9.17, 15) is 14.7 Å². The second kappa shape index (κ2) is 6.02. The van der Waals surface area contributed by atoms with Gasteiger partial charge in [-0.1, -0.05) is 17.7 Å². The number of aryl methyl sites for hydroxylation is 1. The van der Waals surface area contributed by atoms with E-state index in [1.54, 1.807) is 0 Å². The van der Waals surface area contributed by atoms with Crippen LogP contribution in [0.1, 0.15) is 5.56 Å². The number of likely N-dealkylation sites (N-methyl/N-ethyl adjacent to an activating group) is 1. The number of carbonyl (C=O) groups excluding carboxylic acids is 2. The normalized spacial score (nSPS) is 20.6. The Labute approximate surface area is 117 Å². The predicted octanol–water partition coefficient (Wildman–Crippen LogP) is -0.166. The lowest BCUT2D eigenvalue weighted by Gasteiger charge is -2.34. The van der Waals surface area contributed by atoms with E-state index in [1.165, 1.54) is 11.9 Å². The van der Waals surface area contributed by atoms with Gasteiger partial charge in [-0.25, -0.2) is 0 Å². The number of hydrogen-bond donors (Lipinski definition) is 2. The van der Waals surface area contributed by atoms with E-state index in [-0.39, 0.29) is 6.61 Å². The van der Waals surface area contributed by atoms with Crippen LogP contribution in [-0.4, -0.2) is 49.3 Å². The molecule has 0 aliphatic carbocycles. The summed E-state index contributed by atoms with van der Waals surface area (Å²) in [6.07, 6.45) is -2.66. The average Bonchev–Trinajstić information content (AvgIpc) is 2.47. The summed E-state index contributed by atoms with van der Waals surface area (Å²) in [6, 6.07) is 7.48. The Morgan fingerprint density at radius 3 is 2.70 bits per heavy atom. The number of nitrogens with one attached hydrogen (secondary N) is 1. The molecule has 2 N–H and O–H groups in total. The number of aliphatic hydroxyl groups excluding tert-OH is 1. The van der Waals surface area contributed by atoms with E-state index in [4.69, 9.17) is 4.74 Å². The third-order valence-corrected chi connectivity index (χ3v) is 3.27. The molecule has 6 nitrogen and oxygen atoms in total. The molecule has 6 heteroatoms. The maximum absolute atomic E-state index is 12.3. The molecule has 1 heterocycles. The highest BCUT2D eigenvalue weighted by molar-refractivity contribution is 6.00. The minimum absolute atomic E-state index is 0.276. The Kier molecular flexibility index (Phi) is 4.36. The maximum atomic E-state index is 12.3. The summed E-state index contributed by atoms with van der Waals surface area (Å²) in [6.45, 7) is 2.64. The molecule has 2 unspecified atom stereocenters. The first-order chi connectivity index (χ1) is 9.54. The highest BCUT2D eigenvalue weighted by Crippen LogP contribution is 2.20. The highest BCUT2D eigenvalue weighted by atomic mass is 16.5. The number of carbonyl (C=O) groups is 2. The summed E-state index contributed by atoms with van der Waals surface area (Å²) >= 11 is 0. The summed E-state index contributed by atoms with van der Waals surface area (Å²) in [7, 11) is 1.40. The van der Waals surface area contributed by atoms with Crippen molar-refractivity contribution in [1.29, 1.82) is 0 Å². The van der Waals surface area contributed by atoms with E-state index in [1.807, 2.05) is 31.2 Å². The van der Waals surface area contributed by atoms with Crippen molar-refractivity contribution in [2.75, 3.05) is 25.1 Å². The highest BCUT2D eigenvalue weighted by Gasteiger charge is 2.38. The first-order valence-corrected chi connectivity index (χ1v) is 6.44. The number of hydrogen-bond acceptors (Lipinski definition) is 4. The van der Waals surface area contributed by atoms with Gasteiger partial charge in [0, 0.05) is 19.3 Å². The van der Waals surface area contributed by atoms with Crippen molar-refractivity contribution >= 4 is 17.5 Å². The molecule has 0 spiro atoms. The van der Waals surface area contributed by atoms with Crippen molar-refractivity contribution in [2.24, 2.45) is 0 Å². The minimum atomic E-state index is -1.50. The van der Waals surface area contributed by atoms with E-state index >= 15 is 0 Å². The fourth-order valence-electron chi connectivity index (χ4n) is 2.10. The van der Waals surface area contributed by atoms with Crippen LogP contribution in [0.5, 0.6) is 0 Å². The molecule has 0 bridgehead atoms. The number of amides is 2. The van der Waals surface area contributed by atoms with E-state index < -0.39 is 24.0 Å². The topological polar surface area (TPSA) is 78.9 Å². The first kappa shape index (κ1) is 14.5. The van der Waals surface area contributed by atoms with Crippen LogP contribution in [0.2, 0.25) is 0 Å². The second-order valence-electron chi connectivity index (χ2n) is 4.68. The summed E-state index contributed by atoms with van der Waals surface area (Å²) < 4.78 is 5.25. The van der Waals surface area contributed by atoms with Crippen LogP contribution in [0.15, 0.2) is 24.3 Å². The van der Waals surface area contributed by atoms with Crippen LogP contribution in [0.25, 0.3) is 0 Å². The fourth-order valence-corrected chi connectivity index (χ4v) is 2.10. The zero-order valence-corrected chi connectivity index (χ0v) is 11.5. The SMILES string of the molecule is CNC(=O)C(O)C1OCCN(c2ccc(C)cc2)C1=O. The number of aliphatic hydroxyl groups is 1. The summed E-state index contributed by atoms with van der Waals surface area (Å²) in [5, 5.41) is 12.1. The van der Waals surface area contributed by atoms with Gasteiger partial charge in [0.15, 0.2) is 12.2 Å². The summed E-state index contributed by atoms with van der Waals surface area (Å²) in [5.74, 6) is -1.04. The molecule has 1 fully saturated rings. The molecule has 0 aromatic heterocycles. The van der Waals surface area contributed by atoms with E-state index in [0.29, 0.717) is 6.54 Å². The Morgan fingerprint density at radius 1 is 1.45 bits per heavy atom. The maximum Gasteiger partial charge on any atom is 0.259 e. The molecule has 1 saturated heterocycles. The van der Waals surface area contributed by atoms with Crippen molar-refractivity contribution in [3.05, 3.63) is 29.8 Å². The van der Waals surface area contributed by atoms with Crippen LogP contribution in [0, 0.1) is 6.92 Å². The van der Waals surface area contributed by atoms with Crippen LogP contribution < -0.4 is 10.2 Å². The van der Waals surface area contributed by atoms with Gasteiger partial charge in [-0.05, 0) is 19.1 Å². The molecule has 2 rings (SSSR count). The standard InChI is InChI=1S/C14H18N2O4/c1-9-3-5-10(6-4-9)16-7-8-20-12(14(16)19)11(17)13(18)15-2/h3-6,11-12,17H,7-8H2,1-2H3,(H,15,18). The Bertz CT molecular complexity index is 500. The number of benzene rings is 1. The Morgan fingerprint density at radius 2 is 2.10 bits per heavy atom. The molecule has 1 aliphatic rings. The first-order valence-electron chi connectivity index (χ1n) is 6.44. The van der Waals surface area contributed by atoms with Gasteiger partial charge in [0.25, 0.3) is 11.8 Å². The third-order valence-electron chi connectivity index (χ3n) is 3.27. The molecule has 1 aliphatic heterocycles. The van der Waals surface area contributed by atoms with Crippen LogP contribution >= 0.6 is 0 Å². The number of morpholine rings is 1. The molecule has 1 aromatic rings. The number of rotatable bonds is 3. The molecular weight excluding hydrogens is 260 g/mol. The molecule has 0 saturated carbocycles. The van der Waals surface area contributed by atoms with Crippen LogP contribution in [-0.2, 0) is 14.3 Å². The third kappa shape index (κ3) is 2.81. The number of nitrogens with zero attached hydrogens (tertiary/aromatic N) is 1. The fraction of sp³-hybridized carbons (Fsp3) is 0.429. The van der Waals surface area contributed by atoms with Gasteiger partial charge >= 0.3 is 0 Å². The zero-order valence-electron chi connectivity index (χ0n) is 11.5. The van der Waals surface area contributed by atoms with Crippen molar-refractivity contribution in [2.45, 2.75) is 19.1 Å². The Balaban J connectivity index is 2.18. The van der Waals surface area contributed by atoms with Gasteiger partial charge in [0.1, 0.15) is 0 Å². The zero-order chi connectivity index (χ0) is 14.7. The van der Waals surface area contributed by atoms with E-state index in [0.717, 1.165) is 11.3 Å². The van der Waals surface area contributed by atoms with Gasteiger partial charge in [0.05, 0.1) is 6.61 Å². The number of ether oxygens (including phenoxy) is 1. The lowest BCUT2D eigenvalue weighted by atomic mass is 10.1. The second-order valence-corrected chi connectivity index (χ2v) is 4.68. The van der Waals surface area contributed by atoms with E-state index in [2.05, 4.69) is 5.32 Å². The molecule has 2 amide bonds. The van der Waals surface area contributed by atoms with Gasteiger partial charge in [-0.3, -0.25) is 9.59 Å². The average molecular weight is 278 g/mol. The summed E-state index contributed by atoms with van der Waals surface area (Å²) in [4.78, 5) is 25.3. The van der Waals surface area contributed by atoms with Crippen molar-refractivity contribution in [3.8, 4) is 0 Å². The molecule has 1 aromatic carbocycles. The van der Waals surface area contributed by atoms with Crippen molar-refractivity contribution < 1.29 is 19.4 Å². The van der Waals surface area contributed by atoms with Crippen molar-refractivity contribution in [3.63, 3.8) is 0 Å². The van der Waals surface area contributed by atoms with Crippen LogP contribution in [0.4, 0.5) is 5.69 Å². The molecule has 108 valence electrons. The Hall–Kier alpha value is -1.92. The predicted molar refractivity (Wildman–Crippen MR) is 73.3 cm³/mol. The van der Waals surface area contributed by atoms with Gasteiger partial charge in [0.2, 0.25) is 0 Å². The number of anilines is 1. The van der Waals surface area contributed by atoms with Crippen LogP contribution in [0.3, 0.4) is 0 Å². The quantitative estimate of drug-likeness (QED) is 0.805. The van der Waals surface area contributed by atoms with Gasteiger partial charge < -0.3 is 20.1 Å². The molecular formula is C14H18N2O4. The van der Waals surface area contributed by atoms with Gasteiger partial charge in [-0.2, -0.15) is 0 Å².